The lowest BCUT2D eigenvalue weighted by molar-refractivity contribution is 0.0945. The largest absolute Gasteiger partial charge is 0.350 e. The summed E-state index contributed by atoms with van der Waals surface area (Å²) in [7, 11) is 1.88. The Hall–Kier alpha value is -2.63. The fourth-order valence-electron chi connectivity index (χ4n) is 2.32. The van der Waals surface area contributed by atoms with Crippen molar-refractivity contribution in [2.45, 2.75) is 13.8 Å². The van der Waals surface area contributed by atoms with E-state index in [9.17, 15) is 4.79 Å². The van der Waals surface area contributed by atoms with Crippen molar-refractivity contribution in [3.8, 4) is 11.1 Å². The third kappa shape index (κ3) is 2.72. The predicted octanol–water partition coefficient (Wildman–Crippen LogP) is 2.35. The molecule has 1 aromatic carbocycles. The molecule has 2 aromatic heterocycles. The number of benzene rings is 1. The van der Waals surface area contributed by atoms with Crippen LogP contribution in [0.25, 0.3) is 22.0 Å². The fourth-order valence-corrected chi connectivity index (χ4v) is 2.32. The highest BCUT2D eigenvalue weighted by Crippen LogP contribution is 2.25. The number of aryl methyl sites for hydroxylation is 1. The fraction of sp³-hybridized carbons (Fsp3) is 0.312. The molecule has 2 N–H and O–H groups in total. The number of H-pyrrole nitrogens is 1. The van der Waals surface area contributed by atoms with Gasteiger partial charge >= 0.3 is 0 Å². The SMILES string of the molecule is CC(C)CNC(=O)c1n[nH]c2ccc(-c3cnn(C)c3)cc12. The summed E-state index contributed by atoms with van der Waals surface area (Å²) in [6.07, 6.45) is 3.75. The highest BCUT2D eigenvalue weighted by molar-refractivity contribution is 6.05. The zero-order valence-electron chi connectivity index (χ0n) is 12.9. The molecule has 2 heterocycles. The number of rotatable bonds is 4. The van der Waals surface area contributed by atoms with Crippen LogP contribution >= 0.6 is 0 Å². The Morgan fingerprint density at radius 1 is 1.36 bits per heavy atom. The Bertz CT molecular complexity index is 815. The molecule has 6 heteroatoms. The number of carbonyl (C=O) groups excluding carboxylic acids is 1. The summed E-state index contributed by atoms with van der Waals surface area (Å²) in [4.78, 5) is 12.3. The Labute approximate surface area is 128 Å². The summed E-state index contributed by atoms with van der Waals surface area (Å²) < 4.78 is 1.76. The van der Waals surface area contributed by atoms with Crippen molar-refractivity contribution in [2.75, 3.05) is 6.54 Å². The summed E-state index contributed by atoms with van der Waals surface area (Å²) in [5, 5.41) is 15.0. The van der Waals surface area contributed by atoms with Crippen molar-refractivity contribution >= 4 is 16.8 Å². The third-order valence-corrected chi connectivity index (χ3v) is 3.49. The zero-order chi connectivity index (χ0) is 15.7. The molecule has 22 heavy (non-hydrogen) atoms. The second-order valence-corrected chi connectivity index (χ2v) is 5.84. The number of hydrogen-bond donors (Lipinski definition) is 2. The van der Waals surface area contributed by atoms with E-state index in [1.165, 1.54) is 0 Å². The van der Waals surface area contributed by atoms with Crippen LogP contribution in [0.3, 0.4) is 0 Å². The van der Waals surface area contributed by atoms with Gasteiger partial charge in [0, 0.05) is 30.7 Å². The Kier molecular flexibility index (Phi) is 3.66. The maximum atomic E-state index is 12.3. The van der Waals surface area contributed by atoms with Gasteiger partial charge in [0.1, 0.15) is 0 Å². The molecule has 1 amide bonds. The second kappa shape index (κ2) is 5.63. The number of carbonyl (C=O) groups is 1. The number of amides is 1. The van der Waals surface area contributed by atoms with Gasteiger partial charge < -0.3 is 5.32 Å². The molecule has 0 aliphatic rings. The topological polar surface area (TPSA) is 75.6 Å². The molecular weight excluding hydrogens is 278 g/mol. The molecule has 0 aliphatic carbocycles. The summed E-state index contributed by atoms with van der Waals surface area (Å²) in [6.45, 7) is 4.75. The van der Waals surface area contributed by atoms with Gasteiger partial charge in [0.2, 0.25) is 0 Å². The van der Waals surface area contributed by atoms with Crippen molar-refractivity contribution in [2.24, 2.45) is 13.0 Å². The number of aromatic amines is 1. The van der Waals surface area contributed by atoms with Crippen LogP contribution in [0.4, 0.5) is 0 Å². The number of hydrogen-bond acceptors (Lipinski definition) is 3. The highest BCUT2D eigenvalue weighted by atomic mass is 16.1. The van der Waals surface area contributed by atoms with E-state index in [-0.39, 0.29) is 5.91 Å². The van der Waals surface area contributed by atoms with Crippen LogP contribution in [-0.4, -0.2) is 32.4 Å². The number of nitrogens with one attached hydrogen (secondary N) is 2. The first-order valence-electron chi connectivity index (χ1n) is 7.30. The molecule has 114 valence electrons. The molecule has 0 atom stereocenters. The highest BCUT2D eigenvalue weighted by Gasteiger charge is 2.15. The molecule has 3 rings (SSSR count). The van der Waals surface area contributed by atoms with Crippen LogP contribution in [0, 0.1) is 5.92 Å². The summed E-state index contributed by atoms with van der Waals surface area (Å²) in [5.41, 5.74) is 3.31. The molecule has 3 aromatic rings. The van der Waals surface area contributed by atoms with Crippen LogP contribution in [0.2, 0.25) is 0 Å². The van der Waals surface area contributed by atoms with Crippen LogP contribution in [0.1, 0.15) is 24.3 Å². The summed E-state index contributed by atoms with van der Waals surface area (Å²) >= 11 is 0. The normalized spacial score (nSPS) is 11.3. The number of fused-ring (bicyclic) bond motifs is 1. The van der Waals surface area contributed by atoms with Gasteiger partial charge in [-0.15, -0.1) is 0 Å². The maximum Gasteiger partial charge on any atom is 0.272 e. The van der Waals surface area contributed by atoms with Crippen molar-refractivity contribution < 1.29 is 4.79 Å². The minimum atomic E-state index is -0.150. The van der Waals surface area contributed by atoms with E-state index in [0.29, 0.717) is 18.2 Å². The van der Waals surface area contributed by atoms with E-state index < -0.39 is 0 Å². The maximum absolute atomic E-state index is 12.3. The lowest BCUT2D eigenvalue weighted by Gasteiger charge is -2.06. The van der Waals surface area contributed by atoms with Crippen LogP contribution < -0.4 is 5.32 Å². The Morgan fingerprint density at radius 2 is 2.18 bits per heavy atom. The predicted molar refractivity (Wildman–Crippen MR) is 85.5 cm³/mol. The van der Waals surface area contributed by atoms with Crippen LogP contribution in [-0.2, 0) is 7.05 Å². The number of nitrogens with zero attached hydrogens (tertiary/aromatic N) is 3. The van der Waals surface area contributed by atoms with Crippen molar-refractivity contribution in [1.29, 1.82) is 0 Å². The smallest absolute Gasteiger partial charge is 0.272 e. The van der Waals surface area contributed by atoms with Crippen molar-refractivity contribution in [1.82, 2.24) is 25.3 Å². The minimum absolute atomic E-state index is 0.150. The Balaban J connectivity index is 1.96. The first-order chi connectivity index (χ1) is 10.5. The van der Waals surface area contributed by atoms with E-state index in [2.05, 4.69) is 34.5 Å². The summed E-state index contributed by atoms with van der Waals surface area (Å²) in [5.74, 6) is 0.253. The molecule has 0 unspecified atom stereocenters. The average Bonchev–Trinajstić information content (AvgIpc) is 3.10. The minimum Gasteiger partial charge on any atom is -0.350 e. The van der Waals surface area contributed by atoms with E-state index in [1.807, 2.05) is 31.4 Å². The van der Waals surface area contributed by atoms with Crippen LogP contribution in [0.15, 0.2) is 30.6 Å². The van der Waals surface area contributed by atoms with E-state index >= 15 is 0 Å². The van der Waals surface area contributed by atoms with Gasteiger partial charge in [-0.05, 0) is 23.6 Å². The van der Waals surface area contributed by atoms with Gasteiger partial charge in [-0.1, -0.05) is 19.9 Å². The molecule has 0 saturated carbocycles. The van der Waals surface area contributed by atoms with Gasteiger partial charge in [-0.25, -0.2) is 0 Å². The molecule has 6 nitrogen and oxygen atoms in total. The quantitative estimate of drug-likeness (QED) is 0.776. The Morgan fingerprint density at radius 3 is 2.86 bits per heavy atom. The molecule has 0 radical (unpaired) electrons. The number of aromatic nitrogens is 4. The van der Waals surface area contributed by atoms with Crippen molar-refractivity contribution in [3.05, 3.63) is 36.3 Å². The third-order valence-electron chi connectivity index (χ3n) is 3.49. The first-order valence-corrected chi connectivity index (χ1v) is 7.30. The molecule has 0 bridgehead atoms. The van der Waals surface area contributed by atoms with Gasteiger partial charge in [0.25, 0.3) is 5.91 Å². The molecular formula is C16H19N5O. The zero-order valence-corrected chi connectivity index (χ0v) is 12.9. The summed E-state index contributed by atoms with van der Waals surface area (Å²) in [6, 6.07) is 5.90. The molecule has 0 spiro atoms. The first kappa shape index (κ1) is 14.3. The van der Waals surface area contributed by atoms with Gasteiger partial charge in [-0.2, -0.15) is 10.2 Å². The second-order valence-electron chi connectivity index (χ2n) is 5.84. The van der Waals surface area contributed by atoms with Gasteiger partial charge in [0.05, 0.1) is 11.7 Å². The van der Waals surface area contributed by atoms with Crippen molar-refractivity contribution in [3.63, 3.8) is 0 Å². The standard InChI is InChI=1S/C16H19N5O/c1-10(2)7-17-16(22)15-13-6-11(4-5-14(13)19-20-15)12-8-18-21(3)9-12/h4-6,8-10H,7H2,1-3H3,(H,17,22)(H,19,20). The monoisotopic (exact) mass is 297 g/mol. The molecule has 0 aliphatic heterocycles. The van der Waals surface area contributed by atoms with Crippen LogP contribution in [0.5, 0.6) is 0 Å². The van der Waals surface area contributed by atoms with E-state index in [0.717, 1.165) is 22.0 Å². The van der Waals surface area contributed by atoms with E-state index in [4.69, 9.17) is 0 Å². The van der Waals surface area contributed by atoms with Gasteiger partial charge in [0.15, 0.2) is 5.69 Å². The molecule has 0 fully saturated rings. The average molecular weight is 297 g/mol. The lowest BCUT2D eigenvalue weighted by atomic mass is 10.1. The van der Waals surface area contributed by atoms with Gasteiger partial charge in [-0.3, -0.25) is 14.6 Å². The van der Waals surface area contributed by atoms with E-state index in [1.54, 1.807) is 10.9 Å². The molecule has 0 saturated heterocycles. The lowest BCUT2D eigenvalue weighted by Crippen LogP contribution is -2.27.